The number of nitrogens with one attached hydrogen (secondary N) is 2. The zero-order valence-electron chi connectivity index (χ0n) is 14.7. The van der Waals surface area contributed by atoms with Crippen LogP contribution in [0.4, 0.5) is 0 Å². The number of carbonyl (C=O) groups is 1. The van der Waals surface area contributed by atoms with Crippen molar-refractivity contribution >= 4 is 15.9 Å². The Morgan fingerprint density at radius 2 is 1.88 bits per heavy atom. The highest BCUT2D eigenvalue weighted by Crippen LogP contribution is 2.09. The van der Waals surface area contributed by atoms with Gasteiger partial charge in [-0.2, -0.15) is 5.10 Å². The van der Waals surface area contributed by atoms with Gasteiger partial charge < -0.3 is 5.32 Å². The summed E-state index contributed by atoms with van der Waals surface area (Å²) >= 11 is 0. The van der Waals surface area contributed by atoms with Crippen LogP contribution in [0.5, 0.6) is 0 Å². The fraction of sp³-hybridized carbons (Fsp3) is 0.412. The smallest absolute Gasteiger partial charge is 0.254 e. The number of hydrogen-bond acceptors (Lipinski definition) is 4. The highest BCUT2D eigenvalue weighted by Gasteiger charge is 2.13. The predicted octanol–water partition coefficient (Wildman–Crippen LogP) is 1.87. The summed E-state index contributed by atoms with van der Waals surface area (Å²) in [7, 11) is -3.51. The SMILES string of the molecule is Cc1ccc(S(=O)(=O)NCCCNC(=O)c2cnn(C(C)C)c2)cc1. The van der Waals surface area contributed by atoms with E-state index in [9.17, 15) is 13.2 Å². The number of amides is 1. The summed E-state index contributed by atoms with van der Waals surface area (Å²) in [5.74, 6) is -0.215. The molecule has 0 saturated heterocycles. The summed E-state index contributed by atoms with van der Waals surface area (Å²) in [5, 5.41) is 6.87. The lowest BCUT2D eigenvalue weighted by Crippen LogP contribution is -2.29. The Bertz CT molecular complexity index is 811. The summed E-state index contributed by atoms with van der Waals surface area (Å²) in [4.78, 5) is 12.2. The Balaban J connectivity index is 1.75. The van der Waals surface area contributed by atoms with Gasteiger partial charge in [-0.1, -0.05) is 17.7 Å². The first kappa shape index (κ1) is 19.1. The van der Waals surface area contributed by atoms with Crippen LogP contribution < -0.4 is 10.0 Å². The van der Waals surface area contributed by atoms with Crippen LogP contribution in [-0.4, -0.2) is 37.2 Å². The molecule has 1 aromatic carbocycles. The van der Waals surface area contributed by atoms with E-state index in [-0.39, 0.29) is 23.4 Å². The molecule has 0 unspecified atom stereocenters. The van der Waals surface area contributed by atoms with E-state index in [4.69, 9.17) is 0 Å². The molecule has 2 rings (SSSR count). The van der Waals surface area contributed by atoms with Crippen LogP contribution in [0.3, 0.4) is 0 Å². The van der Waals surface area contributed by atoms with E-state index in [1.54, 1.807) is 35.1 Å². The number of rotatable bonds is 8. The van der Waals surface area contributed by atoms with Gasteiger partial charge in [0.25, 0.3) is 5.91 Å². The minimum atomic E-state index is -3.51. The summed E-state index contributed by atoms with van der Waals surface area (Å²) in [6.45, 7) is 6.49. The van der Waals surface area contributed by atoms with Crippen molar-refractivity contribution in [2.24, 2.45) is 0 Å². The zero-order valence-corrected chi connectivity index (χ0v) is 15.5. The average Bonchev–Trinajstić information content (AvgIpc) is 3.05. The van der Waals surface area contributed by atoms with Gasteiger partial charge in [0.05, 0.1) is 16.7 Å². The minimum Gasteiger partial charge on any atom is -0.352 e. The van der Waals surface area contributed by atoms with Crippen molar-refractivity contribution < 1.29 is 13.2 Å². The lowest BCUT2D eigenvalue weighted by Gasteiger charge is -2.08. The maximum Gasteiger partial charge on any atom is 0.254 e. The fourth-order valence-corrected chi connectivity index (χ4v) is 3.21. The Morgan fingerprint density at radius 1 is 1.20 bits per heavy atom. The third kappa shape index (κ3) is 5.40. The standard InChI is InChI=1S/C17H24N4O3S/c1-13(2)21-12-15(11-19-21)17(22)18-9-4-10-20-25(23,24)16-7-5-14(3)6-8-16/h5-8,11-13,20H,4,9-10H2,1-3H3,(H,18,22). The highest BCUT2D eigenvalue weighted by atomic mass is 32.2. The molecule has 0 saturated carbocycles. The summed E-state index contributed by atoms with van der Waals surface area (Å²) in [6, 6.07) is 6.85. The Kier molecular flexibility index (Phi) is 6.33. The molecule has 1 amide bonds. The summed E-state index contributed by atoms with van der Waals surface area (Å²) < 4.78 is 28.5. The second kappa shape index (κ2) is 8.26. The predicted molar refractivity (Wildman–Crippen MR) is 95.9 cm³/mol. The molecule has 0 atom stereocenters. The Hall–Kier alpha value is -2.19. The molecule has 2 aromatic rings. The van der Waals surface area contributed by atoms with Crippen LogP contribution in [-0.2, 0) is 10.0 Å². The molecule has 25 heavy (non-hydrogen) atoms. The molecule has 0 spiro atoms. The van der Waals surface area contributed by atoms with E-state index in [2.05, 4.69) is 15.1 Å². The zero-order chi connectivity index (χ0) is 18.4. The second-order valence-electron chi connectivity index (χ2n) is 6.12. The quantitative estimate of drug-likeness (QED) is 0.699. The number of aryl methyl sites for hydroxylation is 1. The molecule has 1 heterocycles. The monoisotopic (exact) mass is 364 g/mol. The van der Waals surface area contributed by atoms with Crippen molar-refractivity contribution in [3.63, 3.8) is 0 Å². The van der Waals surface area contributed by atoms with Gasteiger partial charge in [-0.15, -0.1) is 0 Å². The third-order valence-electron chi connectivity index (χ3n) is 3.66. The van der Waals surface area contributed by atoms with E-state index in [1.165, 1.54) is 6.20 Å². The molecule has 0 aliphatic carbocycles. The number of hydrogen-bond donors (Lipinski definition) is 2. The first-order valence-corrected chi connectivity index (χ1v) is 9.66. The molecule has 0 aliphatic heterocycles. The fourth-order valence-electron chi connectivity index (χ4n) is 2.14. The maximum atomic E-state index is 12.1. The van der Waals surface area contributed by atoms with Gasteiger partial charge in [0, 0.05) is 25.3 Å². The Morgan fingerprint density at radius 3 is 2.48 bits per heavy atom. The first-order valence-electron chi connectivity index (χ1n) is 8.18. The van der Waals surface area contributed by atoms with Gasteiger partial charge in [-0.05, 0) is 39.3 Å². The number of carbonyl (C=O) groups excluding carboxylic acids is 1. The molecule has 8 heteroatoms. The second-order valence-corrected chi connectivity index (χ2v) is 7.89. The largest absolute Gasteiger partial charge is 0.352 e. The van der Waals surface area contributed by atoms with Gasteiger partial charge in [-0.3, -0.25) is 9.48 Å². The lowest BCUT2D eigenvalue weighted by molar-refractivity contribution is 0.0953. The molecule has 0 bridgehead atoms. The van der Waals surface area contributed by atoms with E-state index in [0.29, 0.717) is 18.5 Å². The normalized spacial score (nSPS) is 11.7. The van der Waals surface area contributed by atoms with Gasteiger partial charge in [0.15, 0.2) is 0 Å². The summed E-state index contributed by atoms with van der Waals surface area (Å²) in [6.07, 6.45) is 3.71. The van der Waals surface area contributed by atoms with E-state index < -0.39 is 10.0 Å². The molecule has 2 N–H and O–H groups in total. The van der Waals surface area contributed by atoms with Crippen LogP contribution in [0.25, 0.3) is 0 Å². The van der Waals surface area contributed by atoms with E-state index >= 15 is 0 Å². The van der Waals surface area contributed by atoms with Crippen molar-refractivity contribution in [2.75, 3.05) is 13.1 Å². The first-order chi connectivity index (χ1) is 11.8. The van der Waals surface area contributed by atoms with Crippen molar-refractivity contribution in [2.45, 2.75) is 38.1 Å². The Labute approximate surface area is 148 Å². The molecule has 136 valence electrons. The molecule has 7 nitrogen and oxygen atoms in total. The van der Waals surface area contributed by atoms with Crippen LogP contribution in [0, 0.1) is 6.92 Å². The lowest BCUT2D eigenvalue weighted by atomic mass is 10.2. The van der Waals surface area contributed by atoms with Gasteiger partial charge in [-0.25, -0.2) is 13.1 Å². The molecular formula is C17H24N4O3S. The average molecular weight is 364 g/mol. The number of nitrogens with zero attached hydrogens (tertiary/aromatic N) is 2. The highest BCUT2D eigenvalue weighted by molar-refractivity contribution is 7.89. The van der Waals surface area contributed by atoms with Gasteiger partial charge in [0.2, 0.25) is 10.0 Å². The minimum absolute atomic E-state index is 0.192. The van der Waals surface area contributed by atoms with Crippen LogP contribution in [0.15, 0.2) is 41.6 Å². The third-order valence-corrected chi connectivity index (χ3v) is 5.13. The number of aromatic nitrogens is 2. The maximum absolute atomic E-state index is 12.1. The van der Waals surface area contributed by atoms with Crippen molar-refractivity contribution in [3.05, 3.63) is 47.8 Å². The van der Waals surface area contributed by atoms with Gasteiger partial charge in [0.1, 0.15) is 0 Å². The van der Waals surface area contributed by atoms with Crippen LogP contribution in [0.1, 0.15) is 42.2 Å². The van der Waals surface area contributed by atoms with Crippen molar-refractivity contribution in [3.8, 4) is 0 Å². The van der Waals surface area contributed by atoms with Gasteiger partial charge >= 0.3 is 0 Å². The molecule has 0 fully saturated rings. The molecule has 1 aromatic heterocycles. The van der Waals surface area contributed by atoms with Crippen molar-refractivity contribution in [1.82, 2.24) is 19.8 Å². The number of benzene rings is 1. The van der Waals surface area contributed by atoms with E-state index in [1.807, 2.05) is 20.8 Å². The molecule has 0 radical (unpaired) electrons. The van der Waals surface area contributed by atoms with Crippen molar-refractivity contribution in [1.29, 1.82) is 0 Å². The van der Waals surface area contributed by atoms with E-state index in [0.717, 1.165) is 5.56 Å². The molecule has 0 aliphatic rings. The summed E-state index contributed by atoms with van der Waals surface area (Å²) in [5.41, 5.74) is 1.50. The topological polar surface area (TPSA) is 93.1 Å². The van der Waals surface area contributed by atoms with Crippen LogP contribution in [0.2, 0.25) is 0 Å². The molecular weight excluding hydrogens is 340 g/mol. The van der Waals surface area contributed by atoms with Crippen LogP contribution >= 0.6 is 0 Å². The number of sulfonamides is 1.